The van der Waals surface area contributed by atoms with Crippen molar-refractivity contribution in [2.45, 2.75) is 45.2 Å². The molecule has 0 spiro atoms. The maximum Gasteiger partial charge on any atom is 0.262 e. The van der Waals surface area contributed by atoms with Crippen LogP contribution in [0.15, 0.2) is 28.6 Å². The molecule has 1 amide bonds. The van der Waals surface area contributed by atoms with Gasteiger partial charge in [-0.2, -0.15) is 0 Å². The van der Waals surface area contributed by atoms with Crippen molar-refractivity contribution in [2.24, 2.45) is 0 Å². The van der Waals surface area contributed by atoms with Crippen molar-refractivity contribution in [2.75, 3.05) is 0 Å². The van der Waals surface area contributed by atoms with Crippen LogP contribution in [0.1, 0.15) is 34.6 Å². The lowest BCUT2D eigenvalue weighted by Crippen LogP contribution is -2.27. The fourth-order valence-electron chi connectivity index (χ4n) is 3.25. The molecule has 3 heterocycles. The van der Waals surface area contributed by atoms with E-state index in [1.807, 2.05) is 17.5 Å². The molecule has 0 fully saturated rings. The van der Waals surface area contributed by atoms with Gasteiger partial charge in [0.1, 0.15) is 4.83 Å². The van der Waals surface area contributed by atoms with Crippen LogP contribution in [0.5, 0.6) is 0 Å². The van der Waals surface area contributed by atoms with E-state index in [2.05, 4.69) is 10.3 Å². The van der Waals surface area contributed by atoms with E-state index in [1.165, 1.54) is 16.9 Å². The van der Waals surface area contributed by atoms with E-state index in [9.17, 15) is 9.59 Å². The summed E-state index contributed by atoms with van der Waals surface area (Å²) in [7, 11) is 0. The summed E-state index contributed by atoms with van der Waals surface area (Å²) in [6.45, 7) is 0.906. The molecule has 0 aromatic carbocycles. The quantitative estimate of drug-likeness (QED) is 0.747. The van der Waals surface area contributed by atoms with E-state index in [-0.39, 0.29) is 17.9 Å². The first-order chi connectivity index (χ1) is 12.2. The summed E-state index contributed by atoms with van der Waals surface area (Å²) in [5, 5.41) is 5.66. The fraction of sp³-hybridized carbons (Fsp3) is 0.389. The molecule has 130 valence electrons. The van der Waals surface area contributed by atoms with Crippen molar-refractivity contribution in [3.05, 3.63) is 49.5 Å². The van der Waals surface area contributed by atoms with Gasteiger partial charge in [0.05, 0.1) is 18.3 Å². The predicted molar refractivity (Wildman–Crippen MR) is 101 cm³/mol. The van der Waals surface area contributed by atoms with E-state index in [4.69, 9.17) is 0 Å². The lowest BCUT2D eigenvalue weighted by Gasteiger charge is -2.10. The van der Waals surface area contributed by atoms with Crippen molar-refractivity contribution in [1.29, 1.82) is 0 Å². The van der Waals surface area contributed by atoms with E-state index >= 15 is 0 Å². The molecular formula is C18H19N3O2S2. The second-order valence-electron chi connectivity index (χ2n) is 6.24. The molecule has 4 rings (SSSR count). The Bertz CT molecular complexity index is 957. The molecule has 7 heteroatoms. The highest BCUT2D eigenvalue weighted by atomic mass is 32.1. The summed E-state index contributed by atoms with van der Waals surface area (Å²) in [4.78, 5) is 32.6. The molecule has 0 saturated heterocycles. The van der Waals surface area contributed by atoms with E-state index in [0.717, 1.165) is 34.4 Å². The van der Waals surface area contributed by atoms with Crippen molar-refractivity contribution in [1.82, 2.24) is 14.9 Å². The Morgan fingerprint density at radius 2 is 2.20 bits per heavy atom. The van der Waals surface area contributed by atoms with Gasteiger partial charge in [0, 0.05) is 22.7 Å². The highest BCUT2D eigenvalue weighted by molar-refractivity contribution is 7.18. The van der Waals surface area contributed by atoms with E-state index < -0.39 is 0 Å². The van der Waals surface area contributed by atoms with Gasteiger partial charge in [-0.1, -0.05) is 6.07 Å². The van der Waals surface area contributed by atoms with Gasteiger partial charge in [0.15, 0.2) is 0 Å². The second kappa shape index (κ2) is 7.09. The molecule has 25 heavy (non-hydrogen) atoms. The molecule has 0 saturated carbocycles. The van der Waals surface area contributed by atoms with Crippen LogP contribution in [0, 0.1) is 0 Å². The molecule has 1 aliphatic rings. The van der Waals surface area contributed by atoms with Crippen molar-refractivity contribution in [3.8, 4) is 0 Å². The van der Waals surface area contributed by atoms with Crippen LogP contribution in [0.2, 0.25) is 0 Å². The van der Waals surface area contributed by atoms with Crippen LogP contribution in [-0.4, -0.2) is 15.5 Å². The fourth-order valence-corrected chi connectivity index (χ4v) is 5.11. The van der Waals surface area contributed by atoms with Gasteiger partial charge in [0.2, 0.25) is 5.91 Å². The average molecular weight is 374 g/mol. The Kier molecular flexibility index (Phi) is 4.67. The standard InChI is InChI=1S/C18H19N3O2S2/c22-15(19-10-12-4-3-9-24-12)7-8-21-11-20-17-16(18(21)23)13-5-1-2-6-14(13)25-17/h3-4,9,11H,1-2,5-8,10H2,(H,19,22). The van der Waals surface area contributed by atoms with Crippen molar-refractivity contribution >= 4 is 38.8 Å². The maximum absolute atomic E-state index is 12.8. The van der Waals surface area contributed by atoms with Crippen LogP contribution >= 0.6 is 22.7 Å². The largest absolute Gasteiger partial charge is 0.351 e. The Morgan fingerprint density at radius 3 is 3.04 bits per heavy atom. The zero-order chi connectivity index (χ0) is 17.2. The summed E-state index contributed by atoms with van der Waals surface area (Å²) in [6, 6.07) is 3.96. The third-order valence-corrected chi connectivity index (χ3v) is 6.64. The molecule has 0 bridgehead atoms. The smallest absolute Gasteiger partial charge is 0.262 e. The first kappa shape index (κ1) is 16.5. The summed E-state index contributed by atoms with van der Waals surface area (Å²) < 4.78 is 1.58. The Morgan fingerprint density at radius 1 is 1.32 bits per heavy atom. The molecule has 5 nitrogen and oxygen atoms in total. The topological polar surface area (TPSA) is 64.0 Å². The van der Waals surface area contributed by atoms with Gasteiger partial charge in [0.25, 0.3) is 5.56 Å². The number of aryl methyl sites for hydroxylation is 3. The average Bonchev–Trinajstić information content (AvgIpc) is 3.26. The zero-order valence-electron chi connectivity index (χ0n) is 13.8. The van der Waals surface area contributed by atoms with E-state index in [0.29, 0.717) is 13.1 Å². The Labute approximate surface area is 153 Å². The first-order valence-corrected chi connectivity index (χ1v) is 10.2. The molecule has 0 atom stereocenters. The highest BCUT2D eigenvalue weighted by Gasteiger charge is 2.20. The van der Waals surface area contributed by atoms with E-state index in [1.54, 1.807) is 33.6 Å². The number of carbonyl (C=O) groups is 1. The molecule has 1 aliphatic carbocycles. The molecule has 1 N–H and O–H groups in total. The normalized spacial score (nSPS) is 13.8. The number of hydrogen-bond acceptors (Lipinski definition) is 5. The molecule has 3 aromatic heterocycles. The Hall–Kier alpha value is -1.99. The first-order valence-electron chi connectivity index (χ1n) is 8.51. The van der Waals surface area contributed by atoms with Crippen LogP contribution < -0.4 is 10.9 Å². The van der Waals surface area contributed by atoms with Gasteiger partial charge in [-0.05, 0) is 42.7 Å². The highest BCUT2D eigenvalue weighted by Crippen LogP contribution is 2.33. The van der Waals surface area contributed by atoms with Crippen LogP contribution in [0.25, 0.3) is 10.2 Å². The minimum absolute atomic E-state index is 0.00421. The number of rotatable bonds is 5. The van der Waals surface area contributed by atoms with Gasteiger partial charge in [-0.25, -0.2) is 4.98 Å². The van der Waals surface area contributed by atoms with Crippen LogP contribution in [0.3, 0.4) is 0 Å². The lowest BCUT2D eigenvalue weighted by molar-refractivity contribution is -0.121. The van der Waals surface area contributed by atoms with Gasteiger partial charge in [-0.15, -0.1) is 22.7 Å². The minimum Gasteiger partial charge on any atom is -0.351 e. The van der Waals surface area contributed by atoms with Gasteiger partial charge in [-0.3, -0.25) is 14.2 Å². The van der Waals surface area contributed by atoms with Gasteiger partial charge >= 0.3 is 0 Å². The molecule has 0 unspecified atom stereocenters. The monoisotopic (exact) mass is 373 g/mol. The molecule has 3 aromatic rings. The number of fused-ring (bicyclic) bond motifs is 3. The third kappa shape index (κ3) is 3.39. The molecular weight excluding hydrogens is 354 g/mol. The Balaban J connectivity index is 1.47. The number of aromatic nitrogens is 2. The number of nitrogens with zero attached hydrogens (tertiary/aromatic N) is 2. The SMILES string of the molecule is O=C(CCn1cnc2sc3c(c2c1=O)CCCC3)NCc1cccs1. The summed E-state index contributed by atoms with van der Waals surface area (Å²) >= 11 is 3.27. The van der Waals surface area contributed by atoms with Crippen LogP contribution in [-0.2, 0) is 30.7 Å². The molecule has 0 aliphatic heterocycles. The number of amides is 1. The second-order valence-corrected chi connectivity index (χ2v) is 8.36. The zero-order valence-corrected chi connectivity index (χ0v) is 15.4. The van der Waals surface area contributed by atoms with Crippen molar-refractivity contribution < 1.29 is 4.79 Å². The maximum atomic E-state index is 12.8. The third-order valence-electron chi connectivity index (χ3n) is 4.56. The summed E-state index contributed by atoms with van der Waals surface area (Å²) in [5.74, 6) is -0.0484. The number of carbonyl (C=O) groups excluding carboxylic acids is 1. The number of hydrogen-bond donors (Lipinski definition) is 1. The van der Waals surface area contributed by atoms with Crippen LogP contribution in [0.4, 0.5) is 0 Å². The lowest BCUT2D eigenvalue weighted by atomic mass is 9.97. The summed E-state index contributed by atoms with van der Waals surface area (Å²) in [6.07, 6.45) is 6.22. The van der Waals surface area contributed by atoms with Crippen molar-refractivity contribution in [3.63, 3.8) is 0 Å². The number of nitrogens with one attached hydrogen (secondary N) is 1. The van der Waals surface area contributed by atoms with Gasteiger partial charge < -0.3 is 5.32 Å². The molecule has 0 radical (unpaired) electrons. The minimum atomic E-state index is -0.0484. The predicted octanol–water partition coefficient (Wildman–Crippen LogP) is 3.10. The summed E-state index contributed by atoms with van der Waals surface area (Å²) in [5.41, 5.74) is 1.19. The number of thiophene rings is 2.